The Bertz CT molecular complexity index is 1020. The molecule has 1 aliphatic rings. The molecule has 0 aromatic carbocycles. The Morgan fingerprint density at radius 3 is 1.14 bits per heavy atom. The van der Waals surface area contributed by atoms with Crippen LogP contribution in [0, 0.1) is 0 Å². The second-order valence-corrected chi connectivity index (χ2v) is 26.2. The Morgan fingerprint density at radius 2 is 0.907 bits per heavy atom. The lowest BCUT2D eigenvalue weighted by molar-refractivity contribution is 0.0736. The summed E-state index contributed by atoms with van der Waals surface area (Å²) in [6.45, 7) is 6.47. The molecule has 13 nitrogen and oxygen atoms in total. The summed E-state index contributed by atoms with van der Waals surface area (Å²) in [5.74, 6) is 0. The van der Waals surface area contributed by atoms with E-state index in [2.05, 4.69) is 190 Å². The van der Waals surface area contributed by atoms with Crippen molar-refractivity contribution in [1.29, 1.82) is 0 Å². The minimum absolute atomic E-state index is 0.370. The highest BCUT2D eigenvalue weighted by molar-refractivity contribution is 7.79. The molecule has 1 saturated heterocycles. The molecule has 0 aliphatic carbocycles. The molecule has 1 atom stereocenters. The molecule has 1 fully saturated rings. The molecule has 1 rings (SSSR count). The van der Waals surface area contributed by atoms with E-state index < -0.39 is 36.1 Å². The van der Waals surface area contributed by atoms with E-state index in [0.29, 0.717) is 0 Å². The lowest BCUT2D eigenvalue weighted by atomic mass is 10.1. The van der Waals surface area contributed by atoms with Gasteiger partial charge in [0.25, 0.3) is 0 Å². The van der Waals surface area contributed by atoms with Crippen LogP contribution in [0.3, 0.4) is 0 Å². The molecule has 256 valence electrons. The third-order valence-electron chi connectivity index (χ3n) is 7.60. The van der Waals surface area contributed by atoms with Crippen molar-refractivity contribution >= 4 is 36.0 Å². The normalized spacial score (nSPS) is 20.0. The van der Waals surface area contributed by atoms with Gasteiger partial charge >= 0.3 is 7.51 Å². The van der Waals surface area contributed by atoms with E-state index in [-0.39, 0.29) is 5.66 Å². The van der Waals surface area contributed by atoms with Gasteiger partial charge in [-0.05, 0) is 160 Å². The van der Waals surface area contributed by atoms with Gasteiger partial charge in [0.15, 0.2) is 15.0 Å². The van der Waals surface area contributed by atoms with Gasteiger partial charge in [-0.15, -0.1) is 0 Å². The summed E-state index contributed by atoms with van der Waals surface area (Å²) in [4.78, 5) is 4.67. The van der Waals surface area contributed by atoms with Crippen LogP contribution in [0.5, 0.6) is 0 Å². The minimum atomic E-state index is -3.22. The van der Waals surface area contributed by atoms with E-state index in [0.717, 1.165) is 18.0 Å². The topological polar surface area (TPSA) is 78.6 Å². The Balaban J connectivity index is 5.03. The monoisotopic (exact) mass is 685 g/mol. The van der Waals surface area contributed by atoms with Crippen molar-refractivity contribution in [3.8, 4) is 0 Å². The van der Waals surface area contributed by atoms with Crippen LogP contribution in [0.25, 0.3) is 0 Å². The van der Waals surface area contributed by atoms with Crippen LogP contribution in [0.4, 0.5) is 0 Å². The molecule has 0 bridgehead atoms. The predicted octanol–water partition coefficient (Wildman–Crippen LogP) is 5.57. The van der Waals surface area contributed by atoms with E-state index in [1.165, 1.54) is 0 Å². The van der Waals surface area contributed by atoms with Gasteiger partial charge in [-0.1, -0.05) is 0 Å². The highest BCUT2D eigenvalue weighted by Gasteiger charge is 2.52. The van der Waals surface area contributed by atoms with Gasteiger partial charge in [0, 0.05) is 8.07 Å². The molecular weight excluding hydrogens is 618 g/mol. The molecule has 0 aromatic heterocycles. The summed E-state index contributed by atoms with van der Waals surface area (Å²) in [6.07, 6.45) is 2.04. The van der Waals surface area contributed by atoms with Crippen molar-refractivity contribution < 1.29 is 0 Å². The second kappa shape index (κ2) is 15.1. The zero-order chi connectivity index (χ0) is 34.1. The summed E-state index contributed by atoms with van der Waals surface area (Å²) in [6, 6.07) is 0. The molecular formula is C26H67N13P4. The highest BCUT2D eigenvalue weighted by atomic mass is 31.2. The van der Waals surface area contributed by atoms with Gasteiger partial charge in [-0.25, -0.2) is 9.51 Å². The van der Waals surface area contributed by atoms with Crippen molar-refractivity contribution in [3.63, 3.8) is 0 Å². The molecule has 17 heteroatoms. The first-order chi connectivity index (χ1) is 19.3. The smallest absolute Gasteiger partial charge is 0.286 e. The summed E-state index contributed by atoms with van der Waals surface area (Å²) in [5.41, 5.74) is 0.342. The quantitative estimate of drug-likeness (QED) is 0.194. The lowest BCUT2D eigenvalue weighted by Gasteiger charge is -2.46. The molecule has 1 aliphatic heterocycles. The van der Waals surface area contributed by atoms with Gasteiger partial charge in [0.1, 0.15) is 5.66 Å². The fraction of sp³-hybridized carbons (Fsp3) is 0.962. The maximum absolute atomic E-state index is 5.98. The average molecular weight is 686 g/mol. The van der Waals surface area contributed by atoms with Crippen molar-refractivity contribution in [2.24, 2.45) is 18.5 Å². The molecule has 1 unspecified atom stereocenters. The summed E-state index contributed by atoms with van der Waals surface area (Å²) in [7, 11) is 29.6. The predicted molar refractivity (Wildman–Crippen MR) is 198 cm³/mol. The average Bonchev–Trinajstić information content (AvgIpc) is 3.18. The van der Waals surface area contributed by atoms with Gasteiger partial charge in [0.2, 0.25) is 0 Å². The van der Waals surface area contributed by atoms with Crippen LogP contribution >= 0.6 is 30.6 Å². The number of hydrogen-bond acceptors (Lipinski definition) is 4. The summed E-state index contributed by atoms with van der Waals surface area (Å²) < 4.78 is 39.5. The molecule has 0 radical (unpaired) electrons. The zero-order valence-corrected chi connectivity index (χ0v) is 35.1. The summed E-state index contributed by atoms with van der Waals surface area (Å²) in [5, 5.41) is 0. The summed E-state index contributed by atoms with van der Waals surface area (Å²) >= 11 is 0. The lowest BCUT2D eigenvalue weighted by Crippen LogP contribution is -2.58. The molecule has 43 heavy (non-hydrogen) atoms. The van der Waals surface area contributed by atoms with Gasteiger partial charge in [-0.2, -0.15) is 9.03 Å². The molecule has 1 heterocycles. The highest BCUT2D eigenvalue weighted by Crippen LogP contribution is 2.75. The van der Waals surface area contributed by atoms with E-state index >= 15 is 0 Å². The Labute approximate surface area is 268 Å². The number of nitrogens with zero attached hydrogens (tertiary/aromatic N) is 13. The zero-order valence-electron chi connectivity index (χ0n) is 31.5. The largest absolute Gasteiger partial charge is 0.305 e. The van der Waals surface area contributed by atoms with Crippen molar-refractivity contribution in [2.45, 2.75) is 38.4 Å². The van der Waals surface area contributed by atoms with Crippen molar-refractivity contribution in [1.82, 2.24) is 42.5 Å². The van der Waals surface area contributed by atoms with Gasteiger partial charge in [0.05, 0.1) is 11.0 Å². The third-order valence-corrected chi connectivity index (χ3v) is 21.9. The molecule has 0 amide bonds. The Hall–Kier alpha value is 0.430. The Kier molecular flexibility index (Phi) is 14.6. The fourth-order valence-corrected chi connectivity index (χ4v) is 22.3. The molecule has 0 aromatic rings. The van der Waals surface area contributed by atoms with E-state index in [9.17, 15) is 0 Å². The van der Waals surface area contributed by atoms with Crippen molar-refractivity contribution in [3.05, 3.63) is 0 Å². The van der Waals surface area contributed by atoms with Gasteiger partial charge < -0.3 is 0 Å². The first-order valence-corrected chi connectivity index (χ1v) is 21.0. The molecule has 0 N–H and O–H groups in total. The maximum Gasteiger partial charge on any atom is 0.305 e. The van der Waals surface area contributed by atoms with Crippen LogP contribution in [-0.2, 0) is 0 Å². The molecule has 0 saturated carbocycles. The van der Waals surface area contributed by atoms with Crippen molar-refractivity contribution in [2.75, 3.05) is 133 Å². The minimum Gasteiger partial charge on any atom is -0.286 e. The number of rotatable bonds is 12. The Morgan fingerprint density at radius 1 is 0.581 bits per heavy atom. The SMILES string of the molecule is CN(C)P1CCC(N(C)C)(N(C)C)C1=NP(=NC(C)(C)C)(N=P(N(C)C)(N(C)C)N(C)C)N=P(N(C)C)(N(C)C)N(C)C. The number of hydrogen-bond donors (Lipinski definition) is 0. The van der Waals surface area contributed by atoms with E-state index in [4.69, 9.17) is 18.5 Å². The van der Waals surface area contributed by atoms with Crippen LogP contribution in [0.2, 0.25) is 0 Å². The van der Waals surface area contributed by atoms with E-state index in [1.54, 1.807) is 0 Å². The van der Waals surface area contributed by atoms with Gasteiger partial charge in [-0.3, -0.25) is 42.5 Å². The first kappa shape index (κ1) is 41.5. The van der Waals surface area contributed by atoms with Crippen LogP contribution in [-0.4, -0.2) is 192 Å². The molecule has 0 spiro atoms. The second-order valence-electron chi connectivity index (χ2n) is 13.9. The third kappa shape index (κ3) is 8.30. The maximum atomic E-state index is 5.98. The van der Waals surface area contributed by atoms with E-state index in [1.807, 2.05) is 0 Å². The fourth-order valence-electron chi connectivity index (χ4n) is 6.05. The van der Waals surface area contributed by atoms with Crippen LogP contribution in [0.1, 0.15) is 27.2 Å². The van der Waals surface area contributed by atoms with Crippen LogP contribution in [0.15, 0.2) is 18.5 Å². The van der Waals surface area contributed by atoms with Crippen LogP contribution < -0.4 is 0 Å². The first-order valence-electron chi connectivity index (χ1n) is 14.7. The standard InChI is InChI=1S/C26H67N13P4/c1-25(2,3)28-41(29-42(34(10)11,35(12)13)36(14)15,30-43(37(16)17,38(18)19)39(20)21)27-24-26(31(4)5,32(6)7)22-23-40(24)33(8)9/h22-23H2,1-21H3.